The Balaban J connectivity index is 1.97. The van der Waals surface area contributed by atoms with Crippen LogP contribution in [0.25, 0.3) is 0 Å². The summed E-state index contributed by atoms with van der Waals surface area (Å²) < 4.78 is 5.76. The van der Waals surface area contributed by atoms with Crippen molar-refractivity contribution in [1.82, 2.24) is 9.80 Å². The van der Waals surface area contributed by atoms with Gasteiger partial charge in [-0.3, -0.25) is 9.69 Å². The third kappa shape index (κ3) is 5.25. The zero-order valence-electron chi connectivity index (χ0n) is 18.0. The quantitative estimate of drug-likeness (QED) is 0.774. The number of benzene rings is 1. The van der Waals surface area contributed by atoms with E-state index < -0.39 is 6.10 Å². The number of nitrogens with zero attached hydrogens (tertiary/aromatic N) is 2. The SMILES string of the molecule is CCC(C)N1CCC(=O)N(CC(O)COc2ccc(C(C)(C)C)cc2C)C1=O. The molecule has 6 nitrogen and oxygen atoms in total. The molecule has 0 radical (unpaired) electrons. The molecule has 0 spiro atoms. The lowest BCUT2D eigenvalue weighted by Crippen LogP contribution is -2.56. The van der Waals surface area contributed by atoms with Gasteiger partial charge >= 0.3 is 6.03 Å². The first kappa shape index (κ1) is 22.2. The summed E-state index contributed by atoms with van der Waals surface area (Å²) in [6, 6.07) is 5.76. The van der Waals surface area contributed by atoms with E-state index in [0.717, 1.165) is 16.9 Å². The van der Waals surface area contributed by atoms with Crippen LogP contribution in [-0.2, 0) is 10.2 Å². The lowest BCUT2D eigenvalue weighted by atomic mass is 9.86. The molecule has 2 unspecified atom stereocenters. The minimum atomic E-state index is -0.938. The Hall–Kier alpha value is -2.08. The molecule has 6 heteroatoms. The number of urea groups is 1. The zero-order valence-corrected chi connectivity index (χ0v) is 18.0. The fourth-order valence-electron chi connectivity index (χ4n) is 3.24. The molecule has 1 N–H and O–H groups in total. The Morgan fingerprint density at radius 2 is 1.93 bits per heavy atom. The maximum Gasteiger partial charge on any atom is 0.327 e. The third-order valence-electron chi connectivity index (χ3n) is 5.33. The highest BCUT2D eigenvalue weighted by molar-refractivity contribution is 5.97. The van der Waals surface area contributed by atoms with E-state index in [4.69, 9.17) is 4.74 Å². The monoisotopic (exact) mass is 390 g/mol. The van der Waals surface area contributed by atoms with E-state index in [1.807, 2.05) is 32.9 Å². The van der Waals surface area contributed by atoms with Crippen LogP contribution in [0.2, 0.25) is 0 Å². The van der Waals surface area contributed by atoms with Gasteiger partial charge in [0, 0.05) is 19.0 Å². The van der Waals surface area contributed by atoms with Gasteiger partial charge in [-0.1, -0.05) is 39.8 Å². The first-order chi connectivity index (χ1) is 13.0. The minimum absolute atomic E-state index is 0.0239. The van der Waals surface area contributed by atoms with Crippen LogP contribution in [0.4, 0.5) is 4.79 Å². The van der Waals surface area contributed by atoms with Crippen LogP contribution in [-0.4, -0.2) is 58.7 Å². The molecule has 1 aliphatic rings. The van der Waals surface area contributed by atoms with Gasteiger partial charge in [0.15, 0.2) is 0 Å². The molecule has 28 heavy (non-hydrogen) atoms. The van der Waals surface area contributed by atoms with Crippen molar-refractivity contribution in [3.8, 4) is 5.75 Å². The van der Waals surface area contributed by atoms with Crippen molar-refractivity contribution in [2.75, 3.05) is 19.7 Å². The molecule has 3 amide bonds. The van der Waals surface area contributed by atoms with Crippen LogP contribution < -0.4 is 4.74 Å². The maximum absolute atomic E-state index is 12.6. The van der Waals surface area contributed by atoms with Gasteiger partial charge in [-0.25, -0.2) is 4.79 Å². The number of carbonyl (C=O) groups is 2. The molecule has 0 saturated carbocycles. The first-order valence-electron chi connectivity index (χ1n) is 10.1. The van der Waals surface area contributed by atoms with Crippen LogP contribution in [0.3, 0.4) is 0 Å². The van der Waals surface area contributed by atoms with Gasteiger partial charge < -0.3 is 14.7 Å². The number of ether oxygens (including phenoxy) is 1. The average molecular weight is 391 g/mol. The summed E-state index contributed by atoms with van der Waals surface area (Å²) in [7, 11) is 0. The maximum atomic E-state index is 12.6. The minimum Gasteiger partial charge on any atom is -0.491 e. The number of carbonyl (C=O) groups excluding carboxylic acids is 2. The van der Waals surface area contributed by atoms with Gasteiger partial charge in [0.05, 0.1) is 6.54 Å². The highest BCUT2D eigenvalue weighted by atomic mass is 16.5. The number of hydrogen-bond donors (Lipinski definition) is 1. The number of β-amino-alcohol motifs (C(OH)–C–C–N with tert-alkyl or cyclic N) is 1. The Bertz CT molecular complexity index is 711. The van der Waals surface area contributed by atoms with Crippen molar-refractivity contribution in [3.63, 3.8) is 0 Å². The summed E-state index contributed by atoms with van der Waals surface area (Å²) in [5.41, 5.74) is 2.26. The average Bonchev–Trinajstić information content (AvgIpc) is 2.62. The molecule has 1 aromatic carbocycles. The smallest absolute Gasteiger partial charge is 0.327 e. The Kier molecular flexibility index (Phi) is 7.10. The summed E-state index contributed by atoms with van der Waals surface area (Å²) in [5, 5.41) is 10.4. The predicted octanol–water partition coefficient (Wildman–Crippen LogP) is 3.49. The number of aliphatic hydroxyl groups excluding tert-OH is 1. The molecule has 1 aromatic rings. The van der Waals surface area contributed by atoms with E-state index in [9.17, 15) is 14.7 Å². The van der Waals surface area contributed by atoms with Crippen molar-refractivity contribution >= 4 is 11.9 Å². The molecule has 1 fully saturated rings. The Morgan fingerprint density at radius 3 is 2.50 bits per heavy atom. The van der Waals surface area contributed by atoms with Gasteiger partial charge in [0.2, 0.25) is 5.91 Å². The number of aliphatic hydroxyl groups is 1. The van der Waals surface area contributed by atoms with Crippen molar-refractivity contribution < 1.29 is 19.4 Å². The highest BCUT2D eigenvalue weighted by Crippen LogP contribution is 2.27. The Morgan fingerprint density at radius 1 is 1.25 bits per heavy atom. The van der Waals surface area contributed by atoms with E-state index >= 15 is 0 Å². The summed E-state index contributed by atoms with van der Waals surface area (Å²) in [4.78, 5) is 27.6. The lowest BCUT2D eigenvalue weighted by Gasteiger charge is -2.38. The molecule has 1 aliphatic heterocycles. The van der Waals surface area contributed by atoms with E-state index in [-0.39, 0.29) is 43.0 Å². The van der Waals surface area contributed by atoms with Crippen molar-refractivity contribution in [3.05, 3.63) is 29.3 Å². The molecular formula is C22H34N2O4. The van der Waals surface area contributed by atoms with Crippen LogP contribution >= 0.6 is 0 Å². The second-order valence-electron chi connectivity index (χ2n) is 8.68. The highest BCUT2D eigenvalue weighted by Gasteiger charge is 2.35. The molecule has 2 atom stereocenters. The molecular weight excluding hydrogens is 356 g/mol. The second kappa shape index (κ2) is 8.95. The number of amides is 3. The molecule has 1 saturated heterocycles. The fourth-order valence-corrected chi connectivity index (χ4v) is 3.24. The van der Waals surface area contributed by atoms with E-state index in [1.165, 1.54) is 5.56 Å². The molecule has 1 heterocycles. The van der Waals surface area contributed by atoms with Gasteiger partial charge in [0.1, 0.15) is 18.5 Å². The van der Waals surface area contributed by atoms with Crippen molar-refractivity contribution in [2.45, 2.75) is 71.9 Å². The van der Waals surface area contributed by atoms with Gasteiger partial charge in [-0.05, 0) is 42.9 Å². The zero-order chi connectivity index (χ0) is 21.1. The summed E-state index contributed by atoms with van der Waals surface area (Å²) in [6.45, 7) is 12.8. The third-order valence-corrected chi connectivity index (χ3v) is 5.33. The van der Waals surface area contributed by atoms with Crippen LogP contribution in [0.1, 0.15) is 58.6 Å². The van der Waals surface area contributed by atoms with Gasteiger partial charge in [-0.15, -0.1) is 0 Å². The Labute approximate surface area is 168 Å². The van der Waals surface area contributed by atoms with E-state index in [2.05, 4.69) is 26.8 Å². The number of aryl methyl sites for hydroxylation is 1. The standard InChI is InChI=1S/C22H34N2O4/c1-7-16(3)23-11-10-20(26)24(21(23)27)13-18(25)14-28-19-9-8-17(12-15(19)2)22(4,5)6/h8-9,12,16,18,25H,7,10-11,13-14H2,1-6H3. The van der Waals surface area contributed by atoms with Gasteiger partial charge in [-0.2, -0.15) is 0 Å². The van der Waals surface area contributed by atoms with Gasteiger partial charge in [0.25, 0.3) is 0 Å². The fraction of sp³-hybridized carbons (Fsp3) is 0.636. The number of hydrogen-bond acceptors (Lipinski definition) is 4. The summed E-state index contributed by atoms with van der Waals surface area (Å²) in [5.74, 6) is 0.457. The molecule has 0 aliphatic carbocycles. The number of imide groups is 1. The van der Waals surface area contributed by atoms with Crippen molar-refractivity contribution in [1.29, 1.82) is 0 Å². The molecule has 156 valence electrons. The van der Waals surface area contributed by atoms with Crippen molar-refractivity contribution in [2.24, 2.45) is 0 Å². The number of rotatable bonds is 7. The largest absolute Gasteiger partial charge is 0.491 e. The van der Waals surface area contributed by atoms with Crippen LogP contribution in [0.15, 0.2) is 18.2 Å². The first-order valence-corrected chi connectivity index (χ1v) is 10.1. The lowest BCUT2D eigenvalue weighted by molar-refractivity contribution is -0.132. The molecule has 2 rings (SSSR count). The predicted molar refractivity (Wildman–Crippen MR) is 110 cm³/mol. The second-order valence-corrected chi connectivity index (χ2v) is 8.68. The summed E-state index contributed by atoms with van der Waals surface area (Å²) >= 11 is 0. The van der Waals surface area contributed by atoms with E-state index in [1.54, 1.807) is 4.90 Å². The summed E-state index contributed by atoms with van der Waals surface area (Å²) in [6.07, 6.45) is 0.173. The molecule has 0 aromatic heterocycles. The van der Waals surface area contributed by atoms with E-state index in [0.29, 0.717) is 12.3 Å². The topological polar surface area (TPSA) is 70.1 Å². The normalized spacial score (nSPS) is 17.7. The molecule has 0 bridgehead atoms. The van der Waals surface area contributed by atoms with Crippen LogP contribution in [0, 0.1) is 6.92 Å². The van der Waals surface area contributed by atoms with Crippen LogP contribution in [0.5, 0.6) is 5.75 Å².